The van der Waals surface area contributed by atoms with Crippen LogP contribution in [0.5, 0.6) is 5.75 Å². The van der Waals surface area contributed by atoms with Crippen LogP contribution < -0.4 is 4.74 Å². The van der Waals surface area contributed by atoms with Crippen LogP contribution in [0.1, 0.15) is 0 Å². The van der Waals surface area contributed by atoms with Crippen LogP contribution in [-0.2, 0) is 0 Å². The second-order valence-electron chi connectivity index (χ2n) is 2.17. The molecule has 0 aliphatic rings. The average molecular weight is 220 g/mol. The van der Waals surface area contributed by atoms with E-state index < -0.39 is 4.92 Å². The van der Waals surface area contributed by atoms with Gasteiger partial charge in [-0.25, -0.2) is 0 Å². The molecule has 0 radical (unpaired) electrons. The molecule has 0 N–H and O–H groups in total. The Morgan fingerprint density at radius 2 is 2.31 bits per heavy atom. The van der Waals surface area contributed by atoms with Gasteiger partial charge in [-0.15, -0.1) is 0 Å². The van der Waals surface area contributed by atoms with Gasteiger partial charge >= 0.3 is 5.69 Å². The van der Waals surface area contributed by atoms with Crippen molar-refractivity contribution in [1.29, 1.82) is 0 Å². The molecule has 1 rings (SSSR count). The summed E-state index contributed by atoms with van der Waals surface area (Å²) in [5.74, 6) is 0.218. The van der Waals surface area contributed by atoms with Crippen LogP contribution in [-0.4, -0.2) is 12.0 Å². The van der Waals surface area contributed by atoms with Crippen LogP contribution in [0.15, 0.2) is 23.1 Å². The van der Waals surface area contributed by atoms with Crippen molar-refractivity contribution >= 4 is 27.3 Å². The number of ether oxygens (including phenoxy) is 1. The SMILES string of the molecule is COc1cc(SCl)ccc1[N+](=O)[O-]. The number of hydrogen-bond acceptors (Lipinski definition) is 4. The largest absolute Gasteiger partial charge is 0.490 e. The third-order valence-corrected chi connectivity index (χ3v) is 2.40. The zero-order valence-electron chi connectivity index (χ0n) is 6.69. The molecule has 6 heteroatoms. The zero-order valence-corrected chi connectivity index (χ0v) is 8.26. The molecule has 0 aliphatic carbocycles. The Bertz CT molecular complexity index is 332. The third-order valence-electron chi connectivity index (χ3n) is 1.44. The summed E-state index contributed by atoms with van der Waals surface area (Å²) in [5, 5.41) is 10.5. The average Bonchev–Trinajstić information content (AvgIpc) is 2.16. The number of nitro benzene ring substituents is 1. The molecule has 0 spiro atoms. The lowest BCUT2D eigenvalue weighted by atomic mass is 10.3. The second kappa shape index (κ2) is 4.34. The molecule has 0 atom stereocenters. The van der Waals surface area contributed by atoms with E-state index in [2.05, 4.69) is 0 Å². The lowest BCUT2D eigenvalue weighted by Crippen LogP contribution is -1.93. The minimum atomic E-state index is -0.499. The number of benzene rings is 1. The van der Waals surface area contributed by atoms with E-state index in [-0.39, 0.29) is 11.4 Å². The minimum absolute atomic E-state index is 0.0584. The topological polar surface area (TPSA) is 52.4 Å². The van der Waals surface area contributed by atoms with Gasteiger partial charge in [0.05, 0.1) is 12.0 Å². The molecule has 0 bridgehead atoms. The van der Waals surface area contributed by atoms with Crippen molar-refractivity contribution in [2.24, 2.45) is 0 Å². The van der Waals surface area contributed by atoms with Crippen molar-refractivity contribution in [2.45, 2.75) is 4.90 Å². The van der Waals surface area contributed by atoms with E-state index in [4.69, 9.17) is 15.4 Å². The van der Waals surface area contributed by atoms with E-state index in [9.17, 15) is 10.1 Å². The first-order valence-electron chi connectivity index (χ1n) is 3.30. The Morgan fingerprint density at radius 1 is 1.62 bits per heavy atom. The highest BCUT2D eigenvalue weighted by atomic mass is 35.7. The van der Waals surface area contributed by atoms with Crippen LogP contribution in [0.4, 0.5) is 5.69 Å². The summed E-state index contributed by atoms with van der Waals surface area (Å²) in [6, 6.07) is 4.46. The zero-order chi connectivity index (χ0) is 9.84. The molecule has 0 saturated heterocycles. The van der Waals surface area contributed by atoms with Gasteiger partial charge in [-0.1, -0.05) is 0 Å². The summed E-state index contributed by atoms with van der Waals surface area (Å²) in [6.07, 6.45) is 0. The quantitative estimate of drug-likeness (QED) is 0.580. The smallest absolute Gasteiger partial charge is 0.310 e. The van der Waals surface area contributed by atoms with Crippen LogP contribution >= 0.6 is 21.7 Å². The summed E-state index contributed by atoms with van der Waals surface area (Å²) in [4.78, 5) is 10.7. The van der Waals surface area contributed by atoms with Crippen LogP contribution in [0, 0.1) is 10.1 Å². The predicted octanol–water partition coefficient (Wildman–Crippen LogP) is 2.85. The molecule has 1 aromatic carbocycles. The summed E-state index contributed by atoms with van der Waals surface area (Å²) >= 11 is 0. The molecule has 70 valence electrons. The van der Waals surface area contributed by atoms with Gasteiger partial charge in [0.25, 0.3) is 0 Å². The lowest BCUT2D eigenvalue weighted by molar-refractivity contribution is -0.385. The number of rotatable bonds is 3. The number of methoxy groups -OCH3 is 1. The van der Waals surface area contributed by atoms with Gasteiger partial charge in [-0.2, -0.15) is 0 Å². The van der Waals surface area contributed by atoms with Crippen LogP contribution in [0.3, 0.4) is 0 Å². The van der Waals surface area contributed by atoms with Crippen molar-refractivity contribution in [3.63, 3.8) is 0 Å². The minimum Gasteiger partial charge on any atom is -0.490 e. The molecule has 0 fully saturated rings. The van der Waals surface area contributed by atoms with E-state index in [1.54, 1.807) is 6.07 Å². The fraction of sp³-hybridized carbons (Fsp3) is 0.143. The van der Waals surface area contributed by atoms with Gasteiger partial charge in [-0.05, 0) is 27.7 Å². The van der Waals surface area contributed by atoms with E-state index in [1.165, 1.54) is 19.2 Å². The maximum absolute atomic E-state index is 10.5. The molecule has 0 amide bonds. The highest BCUT2D eigenvalue weighted by Gasteiger charge is 2.14. The molecule has 13 heavy (non-hydrogen) atoms. The third kappa shape index (κ3) is 2.26. The molecule has 4 nitrogen and oxygen atoms in total. The van der Waals surface area contributed by atoms with Crippen molar-refractivity contribution in [1.82, 2.24) is 0 Å². The number of hydrogen-bond donors (Lipinski definition) is 0. The van der Waals surface area contributed by atoms with E-state index in [1.807, 2.05) is 0 Å². The van der Waals surface area contributed by atoms with Gasteiger partial charge < -0.3 is 4.74 Å². The van der Waals surface area contributed by atoms with E-state index in [0.29, 0.717) is 4.90 Å². The van der Waals surface area contributed by atoms with Crippen molar-refractivity contribution in [2.75, 3.05) is 7.11 Å². The van der Waals surface area contributed by atoms with Crippen LogP contribution in [0.25, 0.3) is 0 Å². The molecule has 0 unspecified atom stereocenters. The van der Waals surface area contributed by atoms with Gasteiger partial charge in [-0.3, -0.25) is 10.1 Å². The normalized spacial score (nSPS) is 9.69. The first-order chi connectivity index (χ1) is 6.19. The molecule has 0 heterocycles. The number of nitrogens with zero attached hydrogens (tertiary/aromatic N) is 1. The Labute approximate surface area is 83.5 Å². The lowest BCUT2D eigenvalue weighted by Gasteiger charge is -2.01. The second-order valence-corrected chi connectivity index (χ2v) is 3.26. The van der Waals surface area contributed by atoms with Crippen LogP contribution in [0.2, 0.25) is 0 Å². The first kappa shape index (κ1) is 10.1. The first-order valence-corrected chi connectivity index (χ1v) is 4.94. The van der Waals surface area contributed by atoms with Crippen molar-refractivity contribution in [3.05, 3.63) is 28.3 Å². The molecular formula is C7H6ClNO3S. The van der Waals surface area contributed by atoms with Gasteiger partial charge in [0, 0.05) is 17.0 Å². The Morgan fingerprint density at radius 3 is 2.77 bits per heavy atom. The molecule has 0 aliphatic heterocycles. The fourth-order valence-corrected chi connectivity index (χ4v) is 1.42. The van der Waals surface area contributed by atoms with Gasteiger partial charge in [0.1, 0.15) is 0 Å². The Balaban J connectivity index is 3.15. The van der Waals surface area contributed by atoms with Crippen molar-refractivity contribution in [3.8, 4) is 5.75 Å². The predicted molar refractivity (Wildman–Crippen MR) is 51.4 cm³/mol. The summed E-state index contributed by atoms with van der Waals surface area (Å²) in [6.45, 7) is 0. The van der Waals surface area contributed by atoms with Gasteiger partial charge in [0.2, 0.25) is 0 Å². The standard InChI is InChI=1S/C7H6ClNO3S/c1-12-7-4-5(13-8)2-3-6(7)9(10)11/h2-4H,1H3. The van der Waals surface area contributed by atoms with Crippen molar-refractivity contribution < 1.29 is 9.66 Å². The molecule has 1 aromatic rings. The Kier molecular flexibility index (Phi) is 3.39. The highest BCUT2D eigenvalue weighted by molar-refractivity contribution is 8.21. The summed E-state index contributed by atoms with van der Waals surface area (Å²) in [7, 11) is 7.85. The van der Waals surface area contributed by atoms with E-state index in [0.717, 1.165) is 11.0 Å². The maximum atomic E-state index is 10.5. The fourth-order valence-electron chi connectivity index (χ4n) is 0.857. The van der Waals surface area contributed by atoms with E-state index >= 15 is 0 Å². The molecular weight excluding hydrogens is 214 g/mol. The number of nitro groups is 1. The molecule has 0 aromatic heterocycles. The summed E-state index contributed by atoms with van der Waals surface area (Å²) in [5.41, 5.74) is -0.0584. The maximum Gasteiger partial charge on any atom is 0.310 e. The summed E-state index contributed by atoms with van der Waals surface area (Å²) < 4.78 is 4.84. The van der Waals surface area contributed by atoms with Gasteiger partial charge in [0.15, 0.2) is 5.75 Å². The monoisotopic (exact) mass is 219 g/mol. The molecule has 0 saturated carbocycles. The Hall–Kier alpha value is -0.940. The number of halogens is 1. The highest BCUT2D eigenvalue weighted by Crippen LogP contribution is 2.32.